The zero-order valence-corrected chi connectivity index (χ0v) is 11.9. The van der Waals surface area contributed by atoms with Crippen molar-refractivity contribution in [1.82, 2.24) is 0 Å². The van der Waals surface area contributed by atoms with Crippen molar-refractivity contribution in [3.8, 4) is 5.75 Å². The normalized spacial score (nSPS) is 16.6. The number of amides is 1. The van der Waals surface area contributed by atoms with E-state index < -0.39 is 0 Å². The van der Waals surface area contributed by atoms with Gasteiger partial charge in [0.2, 0.25) is 5.91 Å². The van der Waals surface area contributed by atoms with Gasteiger partial charge in [-0.15, -0.1) is 0 Å². The van der Waals surface area contributed by atoms with Crippen molar-refractivity contribution in [2.45, 2.75) is 12.8 Å². The highest BCUT2D eigenvalue weighted by Gasteiger charge is 2.23. The molecule has 2 N–H and O–H groups in total. The molecular weight excluding hydrogens is 321 g/mol. The number of nitrogens with one attached hydrogen (secondary N) is 1. The Morgan fingerprint density at radius 2 is 2.11 bits per heavy atom. The van der Waals surface area contributed by atoms with Gasteiger partial charge in [0.15, 0.2) is 0 Å². The molecule has 0 saturated carbocycles. The van der Waals surface area contributed by atoms with E-state index in [0.717, 1.165) is 0 Å². The first-order valence-electron chi connectivity index (χ1n) is 5.64. The van der Waals surface area contributed by atoms with Crippen LogP contribution in [0.4, 0.5) is 5.69 Å². The molecule has 0 spiro atoms. The molecule has 0 unspecified atom stereocenters. The number of aromatic hydroxyl groups is 1. The molecule has 1 aromatic carbocycles. The van der Waals surface area contributed by atoms with Crippen LogP contribution in [0.15, 0.2) is 16.6 Å². The molecule has 0 aromatic heterocycles. The van der Waals surface area contributed by atoms with Crippen molar-refractivity contribution in [2.75, 3.05) is 18.5 Å². The predicted molar refractivity (Wildman–Crippen MR) is 73.0 cm³/mol. The van der Waals surface area contributed by atoms with E-state index >= 15 is 0 Å². The van der Waals surface area contributed by atoms with Crippen LogP contribution in [0, 0.1) is 5.92 Å². The van der Waals surface area contributed by atoms with Crippen molar-refractivity contribution in [1.29, 1.82) is 0 Å². The number of ether oxygens (including phenoxy) is 1. The van der Waals surface area contributed by atoms with Gasteiger partial charge in [0.25, 0.3) is 0 Å². The maximum absolute atomic E-state index is 12.0. The Balaban J connectivity index is 2.11. The van der Waals surface area contributed by atoms with Gasteiger partial charge in [-0.05, 0) is 25.0 Å². The molecule has 1 aromatic rings. The average Bonchev–Trinajstić information content (AvgIpc) is 2.34. The average molecular weight is 335 g/mol. The van der Waals surface area contributed by atoms with Crippen LogP contribution >= 0.6 is 27.5 Å². The molecule has 4 nitrogen and oxygen atoms in total. The van der Waals surface area contributed by atoms with E-state index in [1.165, 1.54) is 6.07 Å². The van der Waals surface area contributed by atoms with Crippen molar-refractivity contribution in [2.24, 2.45) is 5.92 Å². The fourth-order valence-electron chi connectivity index (χ4n) is 1.87. The number of hydrogen-bond acceptors (Lipinski definition) is 3. The van der Waals surface area contributed by atoms with Gasteiger partial charge >= 0.3 is 0 Å². The topological polar surface area (TPSA) is 58.6 Å². The molecule has 98 valence electrons. The predicted octanol–water partition coefficient (Wildman–Crippen LogP) is 3.17. The van der Waals surface area contributed by atoms with Crippen LogP contribution in [0.5, 0.6) is 5.75 Å². The molecule has 2 rings (SSSR count). The largest absolute Gasteiger partial charge is 0.506 e. The lowest BCUT2D eigenvalue weighted by molar-refractivity contribution is -0.122. The highest BCUT2D eigenvalue weighted by Crippen LogP contribution is 2.35. The number of phenolic OH excluding ortho intramolecular Hbond substituents is 1. The maximum Gasteiger partial charge on any atom is 0.227 e. The Labute approximate surface area is 118 Å². The number of benzene rings is 1. The van der Waals surface area contributed by atoms with Crippen molar-refractivity contribution >= 4 is 39.1 Å². The lowest BCUT2D eigenvalue weighted by Crippen LogP contribution is -2.28. The fourth-order valence-corrected chi connectivity index (χ4v) is 2.71. The Hall–Kier alpha value is -0.780. The molecule has 0 atom stereocenters. The summed E-state index contributed by atoms with van der Waals surface area (Å²) in [6.07, 6.45) is 1.39. The van der Waals surface area contributed by atoms with Gasteiger partial charge in [-0.25, -0.2) is 0 Å². The minimum absolute atomic E-state index is 0.0465. The summed E-state index contributed by atoms with van der Waals surface area (Å²) < 4.78 is 5.86. The lowest BCUT2D eigenvalue weighted by Gasteiger charge is -2.21. The molecule has 0 bridgehead atoms. The number of rotatable bonds is 2. The quantitative estimate of drug-likeness (QED) is 0.817. The summed E-state index contributed by atoms with van der Waals surface area (Å²) in [4.78, 5) is 12.0. The van der Waals surface area contributed by atoms with Gasteiger partial charge in [-0.3, -0.25) is 4.79 Å². The third-order valence-electron chi connectivity index (χ3n) is 2.87. The van der Waals surface area contributed by atoms with Crippen molar-refractivity contribution < 1.29 is 14.6 Å². The molecule has 6 heteroatoms. The van der Waals surface area contributed by atoms with E-state index in [1.54, 1.807) is 6.07 Å². The van der Waals surface area contributed by atoms with Crippen LogP contribution in [0.25, 0.3) is 0 Å². The lowest BCUT2D eigenvalue weighted by atomic mass is 9.99. The van der Waals surface area contributed by atoms with Crippen LogP contribution in [-0.2, 0) is 9.53 Å². The molecule has 0 radical (unpaired) electrons. The van der Waals surface area contributed by atoms with Crippen LogP contribution in [0.2, 0.25) is 5.02 Å². The van der Waals surface area contributed by atoms with Gasteiger partial charge in [0.1, 0.15) is 11.4 Å². The standard InChI is InChI=1S/C12H13BrClNO3/c13-8-5-9(14)11(10(16)6-8)15-12(17)7-1-3-18-4-2-7/h5-7,16H,1-4H2,(H,15,17). The van der Waals surface area contributed by atoms with Crippen LogP contribution in [-0.4, -0.2) is 24.2 Å². The van der Waals surface area contributed by atoms with Gasteiger partial charge in [-0.1, -0.05) is 27.5 Å². The van der Waals surface area contributed by atoms with Gasteiger partial charge in [0, 0.05) is 23.6 Å². The summed E-state index contributed by atoms with van der Waals surface area (Å²) in [6, 6.07) is 3.12. The summed E-state index contributed by atoms with van der Waals surface area (Å²) in [5.74, 6) is -0.259. The molecule has 1 fully saturated rings. The smallest absolute Gasteiger partial charge is 0.227 e. The zero-order valence-electron chi connectivity index (χ0n) is 9.58. The Morgan fingerprint density at radius 3 is 2.72 bits per heavy atom. The van der Waals surface area contributed by atoms with Crippen LogP contribution in [0.3, 0.4) is 0 Å². The molecule has 18 heavy (non-hydrogen) atoms. The molecule has 1 aliphatic rings. The first-order valence-corrected chi connectivity index (χ1v) is 6.81. The second-order valence-corrected chi connectivity index (χ2v) is 5.48. The third-order valence-corrected chi connectivity index (χ3v) is 3.63. The molecular formula is C12H13BrClNO3. The fraction of sp³-hybridized carbons (Fsp3) is 0.417. The number of anilines is 1. The third kappa shape index (κ3) is 3.16. The zero-order chi connectivity index (χ0) is 13.1. The maximum atomic E-state index is 12.0. The van der Waals surface area contributed by atoms with E-state index in [9.17, 15) is 9.90 Å². The summed E-state index contributed by atoms with van der Waals surface area (Å²) in [7, 11) is 0. The van der Waals surface area contributed by atoms with E-state index in [2.05, 4.69) is 21.2 Å². The molecule has 1 aliphatic heterocycles. The Morgan fingerprint density at radius 1 is 1.44 bits per heavy atom. The monoisotopic (exact) mass is 333 g/mol. The highest BCUT2D eigenvalue weighted by atomic mass is 79.9. The van der Waals surface area contributed by atoms with Gasteiger partial charge in [0.05, 0.1) is 5.02 Å². The van der Waals surface area contributed by atoms with Crippen molar-refractivity contribution in [3.05, 3.63) is 21.6 Å². The molecule has 1 amide bonds. The van der Waals surface area contributed by atoms with Crippen LogP contribution in [0.1, 0.15) is 12.8 Å². The summed E-state index contributed by atoms with van der Waals surface area (Å²) in [5.41, 5.74) is 0.261. The molecule has 1 saturated heterocycles. The van der Waals surface area contributed by atoms with E-state index in [0.29, 0.717) is 35.6 Å². The minimum Gasteiger partial charge on any atom is -0.506 e. The van der Waals surface area contributed by atoms with E-state index in [4.69, 9.17) is 16.3 Å². The Kier molecular flexibility index (Phi) is 4.48. The molecule has 1 heterocycles. The first-order chi connectivity index (χ1) is 8.58. The number of hydrogen-bond donors (Lipinski definition) is 2. The second-order valence-electron chi connectivity index (χ2n) is 4.16. The summed E-state index contributed by atoms with van der Waals surface area (Å²) in [6.45, 7) is 1.19. The van der Waals surface area contributed by atoms with E-state index in [1.807, 2.05) is 0 Å². The van der Waals surface area contributed by atoms with Gasteiger partial charge in [-0.2, -0.15) is 0 Å². The van der Waals surface area contributed by atoms with Crippen molar-refractivity contribution in [3.63, 3.8) is 0 Å². The second kappa shape index (κ2) is 5.91. The SMILES string of the molecule is O=C(Nc1c(O)cc(Br)cc1Cl)C1CCOCC1. The number of halogens is 2. The first kappa shape index (κ1) is 13.6. The number of phenols is 1. The van der Waals surface area contributed by atoms with Gasteiger partial charge < -0.3 is 15.2 Å². The number of carbonyl (C=O) groups excluding carboxylic acids is 1. The number of carbonyl (C=O) groups is 1. The summed E-state index contributed by atoms with van der Waals surface area (Å²) in [5, 5.41) is 12.8. The Bertz CT molecular complexity index is 438. The summed E-state index contributed by atoms with van der Waals surface area (Å²) >= 11 is 9.20. The van der Waals surface area contributed by atoms with E-state index in [-0.39, 0.29) is 23.3 Å². The minimum atomic E-state index is -0.127. The van der Waals surface area contributed by atoms with Crippen LogP contribution < -0.4 is 5.32 Å². The highest BCUT2D eigenvalue weighted by molar-refractivity contribution is 9.10. The molecule has 0 aliphatic carbocycles.